The van der Waals surface area contributed by atoms with Crippen molar-refractivity contribution in [3.05, 3.63) is 77.6 Å². The molecule has 0 amide bonds. The quantitative estimate of drug-likeness (QED) is 0.396. The van der Waals surface area contributed by atoms with E-state index in [0.29, 0.717) is 17.4 Å². The molecule has 0 bridgehead atoms. The molecule has 2 aromatic carbocycles. The minimum absolute atomic E-state index is 0.0402. The lowest BCUT2D eigenvalue weighted by Gasteiger charge is -2.01. The average molecular weight is 326 g/mol. The maximum atomic E-state index is 12.6. The number of hydrogen-bond donors (Lipinski definition) is 0. The molecule has 0 radical (unpaired) electrons. The summed E-state index contributed by atoms with van der Waals surface area (Å²) < 4.78 is 3.80. The van der Waals surface area contributed by atoms with Gasteiger partial charge in [-0.05, 0) is 19.1 Å². The molecule has 3 nitrogen and oxygen atoms in total. The Bertz CT molecular complexity index is 878. The number of allylic oxidation sites excluding steroid dienone is 1. The highest BCUT2D eigenvalue weighted by atomic mass is 35.5. The molecule has 3 aromatic rings. The maximum absolute atomic E-state index is 12.6. The van der Waals surface area contributed by atoms with Gasteiger partial charge in [-0.15, -0.1) is 0 Å². The monoisotopic (exact) mass is 325 g/mol. The summed E-state index contributed by atoms with van der Waals surface area (Å²) in [5.41, 5.74) is 3.77. The molecule has 116 valence electrons. The maximum Gasteiger partial charge on any atom is 0.356 e. The Labute approximate surface area is 140 Å². The zero-order valence-electron chi connectivity index (χ0n) is 13.0. The number of ketones is 1. The second kappa shape index (κ2) is 6.39. The molecule has 23 heavy (non-hydrogen) atoms. The largest absolute Gasteiger partial charge is 0.356 e. The summed E-state index contributed by atoms with van der Waals surface area (Å²) in [5, 5.41) is 0.534. The predicted octanol–water partition coefficient (Wildman–Crippen LogP) is 3.96. The van der Waals surface area contributed by atoms with Crippen LogP contribution in [0.25, 0.3) is 11.0 Å². The summed E-state index contributed by atoms with van der Waals surface area (Å²) in [6.45, 7) is 6.59. The fraction of sp³-hybridized carbons (Fsp3) is 0.158. The van der Waals surface area contributed by atoms with E-state index in [1.54, 1.807) is 6.08 Å². The minimum Gasteiger partial charge on any atom is -0.290 e. The number of carbonyl (C=O) groups is 1. The molecule has 0 atom stereocenters. The first kappa shape index (κ1) is 15.5. The number of aryl methyl sites for hydroxylation is 1. The molecule has 0 aliphatic heterocycles. The van der Waals surface area contributed by atoms with Gasteiger partial charge in [0.25, 0.3) is 0 Å². The molecule has 0 aliphatic rings. The van der Waals surface area contributed by atoms with Gasteiger partial charge in [0, 0.05) is 17.2 Å². The number of halogens is 1. The molecule has 3 rings (SSSR count). The Morgan fingerprint density at radius 2 is 1.91 bits per heavy atom. The van der Waals surface area contributed by atoms with E-state index in [2.05, 4.69) is 6.58 Å². The number of nitrogens with zero attached hydrogens (tertiary/aromatic N) is 2. The second-order valence-corrected chi connectivity index (χ2v) is 5.87. The lowest BCUT2D eigenvalue weighted by molar-refractivity contribution is -0.655. The van der Waals surface area contributed by atoms with Crippen molar-refractivity contribution in [2.24, 2.45) is 0 Å². The number of para-hydroxylation sites is 2. The van der Waals surface area contributed by atoms with Crippen LogP contribution in [0.5, 0.6) is 0 Å². The number of aromatic nitrogens is 2. The van der Waals surface area contributed by atoms with Crippen LogP contribution in [0.4, 0.5) is 0 Å². The van der Waals surface area contributed by atoms with Crippen molar-refractivity contribution in [1.82, 2.24) is 4.57 Å². The fourth-order valence-electron chi connectivity index (χ4n) is 2.69. The van der Waals surface area contributed by atoms with E-state index in [9.17, 15) is 4.79 Å². The van der Waals surface area contributed by atoms with Crippen molar-refractivity contribution < 1.29 is 9.36 Å². The van der Waals surface area contributed by atoms with Gasteiger partial charge in [-0.2, -0.15) is 0 Å². The Kier molecular flexibility index (Phi) is 4.30. The lowest BCUT2D eigenvalue weighted by Crippen LogP contribution is -2.38. The zero-order valence-corrected chi connectivity index (χ0v) is 13.8. The number of rotatable bonds is 5. The number of imidazole rings is 1. The van der Waals surface area contributed by atoms with Crippen LogP contribution in [-0.2, 0) is 13.1 Å². The van der Waals surface area contributed by atoms with Crippen molar-refractivity contribution in [3.8, 4) is 0 Å². The van der Waals surface area contributed by atoms with Gasteiger partial charge in [-0.25, -0.2) is 9.13 Å². The van der Waals surface area contributed by atoms with Crippen LogP contribution < -0.4 is 4.57 Å². The topological polar surface area (TPSA) is 25.9 Å². The van der Waals surface area contributed by atoms with E-state index in [4.69, 9.17) is 11.6 Å². The lowest BCUT2D eigenvalue weighted by atomic mass is 10.1. The molecule has 0 aliphatic carbocycles. The normalized spacial score (nSPS) is 10.9. The molecular weight excluding hydrogens is 308 g/mol. The Hall–Kier alpha value is -2.39. The SMILES string of the molecule is C=CCn1c(Cl)[n+](CC(=O)c2ccc(C)cc2)c2ccccc21. The second-order valence-electron chi connectivity index (χ2n) is 5.53. The summed E-state index contributed by atoms with van der Waals surface area (Å²) in [6, 6.07) is 15.5. The molecule has 0 saturated heterocycles. The van der Waals surface area contributed by atoms with Crippen molar-refractivity contribution in [2.45, 2.75) is 20.0 Å². The summed E-state index contributed by atoms with van der Waals surface area (Å²) >= 11 is 6.51. The van der Waals surface area contributed by atoms with Gasteiger partial charge in [0.05, 0.1) is 0 Å². The summed E-state index contributed by atoms with van der Waals surface area (Å²) in [6.07, 6.45) is 1.80. The van der Waals surface area contributed by atoms with Crippen LogP contribution in [-0.4, -0.2) is 10.4 Å². The highest BCUT2D eigenvalue weighted by Crippen LogP contribution is 2.18. The van der Waals surface area contributed by atoms with Gasteiger partial charge in [0.2, 0.25) is 5.78 Å². The highest BCUT2D eigenvalue weighted by Gasteiger charge is 2.24. The van der Waals surface area contributed by atoms with Crippen LogP contribution >= 0.6 is 11.6 Å². The van der Waals surface area contributed by atoms with E-state index in [1.165, 1.54) is 0 Å². The molecule has 0 spiro atoms. The van der Waals surface area contributed by atoms with E-state index >= 15 is 0 Å². The van der Waals surface area contributed by atoms with Crippen LogP contribution in [0.15, 0.2) is 61.2 Å². The zero-order chi connectivity index (χ0) is 16.4. The highest BCUT2D eigenvalue weighted by molar-refractivity contribution is 6.28. The molecule has 1 aromatic heterocycles. The van der Waals surface area contributed by atoms with Crippen LogP contribution in [0.3, 0.4) is 0 Å². The predicted molar refractivity (Wildman–Crippen MR) is 92.8 cm³/mol. The Balaban J connectivity index is 2.02. The fourth-order valence-corrected chi connectivity index (χ4v) is 3.00. The van der Waals surface area contributed by atoms with E-state index in [1.807, 2.05) is 64.6 Å². The smallest absolute Gasteiger partial charge is 0.290 e. The summed E-state index contributed by atoms with van der Waals surface area (Å²) in [7, 11) is 0. The summed E-state index contributed by atoms with van der Waals surface area (Å²) in [4.78, 5) is 12.6. The minimum atomic E-state index is 0.0402. The van der Waals surface area contributed by atoms with Gasteiger partial charge >= 0.3 is 5.28 Å². The van der Waals surface area contributed by atoms with Crippen molar-refractivity contribution in [1.29, 1.82) is 0 Å². The van der Waals surface area contributed by atoms with Crippen molar-refractivity contribution in [3.63, 3.8) is 0 Å². The number of hydrogen-bond acceptors (Lipinski definition) is 1. The van der Waals surface area contributed by atoms with Gasteiger partial charge in [-0.1, -0.05) is 54.6 Å². The van der Waals surface area contributed by atoms with Crippen LogP contribution in [0, 0.1) is 6.92 Å². The molecule has 1 heterocycles. The van der Waals surface area contributed by atoms with Crippen LogP contribution in [0.2, 0.25) is 5.28 Å². The van der Waals surface area contributed by atoms with Crippen LogP contribution in [0.1, 0.15) is 15.9 Å². The molecule has 0 fully saturated rings. The van der Waals surface area contributed by atoms with E-state index in [-0.39, 0.29) is 12.3 Å². The standard InChI is InChI=1S/C19H18ClN2O/c1-3-12-21-16-6-4-5-7-17(16)22(19(21)20)13-18(23)15-10-8-14(2)9-11-15/h3-11H,1,12-13H2,2H3/q+1. The number of carbonyl (C=O) groups excluding carboxylic acids is 1. The third-order valence-electron chi connectivity index (χ3n) is 3.90. The van der Waals surface area contributed by atoms with Gasteiger partial charge in [0.1, 0.15) is 6.54 Å². The molecule has 4 heteroatoms. The molecule has 0 unspecified atom stereocenters. The molecular formula is C19H18ClN2O+. The Morgan fingerprint density at radius 3 is 2.61 bits per heavy atom. The third kappa shape index (κ3) is 2.92. The van der Waals surface area contributed by atoms with Crippen molar-refractivity contribution in [2.75, 3.05) is 0 Å². The first-order valence-electron chi connectivity index (χ1n) is 7.49. The third-order valence-corrected chi connectivity index (χ3v) is 4.30. The van der Waals surface area contributed by atoms with Gasteiger partial charge < -0.3 is 0 Å². The van der Waals surface area contributed by atoms with Gasteiger partial charge in [0.15, 0.2) is 17.6 Å². The number of benzene rings is 2. The van der Waals surface area contributed by atoms with E-state index < -0.39 is 0 Å². The molecule has 0 N–H and O–H groups in total. The number of Topliss-reactive ketones (excluding diaryl/α,β-unsaturated/α-hetero) is 1. The first-order chi connectivity index (χ1) is 11.1. The first-order valence-corrected chi connectivity index (χ1v) is 7.87. The van der Waals surface area contributed by atoms with E-state index in [0.717, 1.165) is 16.6 Å². The number of fused-ring (bicyclic) bond motifs is 1. The molecule has 0 saturated carbocycles. The summed E-state index contributed by atoms with van der Waals surface area (Å²) in [5.74, 6) is 0.0402. The average Bonchev–Trinajstić information content (AvgIpc) is 2.82. The van der Waals surface area contributed by atoms with Gasteiger partial charge in [-0.3, -0.25) is 4.79 Å². The Morgan fingerprint density at radius 1 is 1.22 bits per heavy atom. The van der Waals surface area contributed by atoms with Crippen molar-refractivity contribution >= 4 is 28.4 Å².